The molecule has 0 unspecified atom stereocenters. The highest BCUT2D eigenvalue weighted by Crippen LogP contribution is 2.24. The molecule has 0 saturated carbocycles. The summed E-state index contributed by atoms with van der Waals surface area (Å²) in [5.74, 6) is 0.694. The third kappa shape index (κ3) is 18.4. The maximum atomic E-state index is 8.63. The van der Waals surface area contributed by atoms with Gasteiger partial charge in [0.05, 0.1) is 0 Å². The summed E-state index contributed by atoms with van der Waals surface area (Å²) in [5.41, 5.74) is 8.19. The minimum atomic E-state index is 0.694. The average Bonchev–Trinajstić information content (AvgIpc) is 3.19. The van der Waals surface area contributed by atoms with Crippen molar-refractivity contribution in [2.45, 2.75) is 77.0 Å². The lowest BCUT2D eigenvalue weighted by Gasteiger charge is -2.07. The quantitative estimate of drug-likeness (QED) is 0.0561. The third-order valence-electron chi connectivity index (χ3n) is 9.01. The first kappa shape index (κ1) is 43.6. The largest absolute Gasteiger partial charge is 0.569 e. The van der Waals surface area contributed by atoms with E-state index in [-0.39, 0.29) is 0 Å². The van der Waals surface area contributed by atoms with Gasteiger partial charge in [0.1, 0.15) is 5.75 Å². The third-order valence-corrected chi connectivity index (χ3v) is 10.7. The number of hydrogen-bond donors (Lipinski definition) is 1. The van der Waals surface area contributed by atoms with E-state index in [2.05, 4.69) is 182 Å². The zero-order chi connectivity index (χ0) is 38.1. The molecule has 0 aliphatic carbocycles. The van der Waals surface area contributed by atoms with Crippen LogP contribution in [-0.4, -0.2) is 12.7 Å². The maximum absolute atomic E-state index is 8.63. The van der Waals surface area contributed by atoms with Crippen molar-refractivity contribution in [2.24, 2.45) is 0 Å². The summed E-state index contributed by atoms with van der Waals surface area (Å²) in [4.78, 5) is 0. The van der Waals surface area contributed by atoms with Gasteiger partial charge in [0.25, 0.3) is 0 Å². The van der Waals surface area contributed by atoms with E-state index in [1.54, 1.807) is 0 Å². The Morgan fingerprint density at radius 2 is 0.852 bits per heavy atom. The van der Waals surface area contributed by atoms with Gasteiger partial charge < -0.3 is 9.68 Å². The maximum Gasteiger partial charge on any atom is 0.569 e. The van der Waals surface area contributed by atoms with Crippen molar-refractivity contribution in [3.63, 3.8) is 0 Å². The molecule has 0 amide bonds. The van der Waals surface area contributed by atoms with Crippen molar-refractivity contribution in [1.29, 1.82) is 0 Å². The van der Waals surface area contributed by atoms with Crippen LogP contribution in [-0.2, 0) is 25.7 Å². The van der Waals surface area contributed by atoms with Gasteiger partial charge in [-0.3, -0.25) is 0 Å². The van der Waals surface area contributed by atoms with Crippen LogP contribution in [0.4, 0.5) is 0 Å². The highest BCUT2D eigenvalue weighted by molar-refractivity contribution is 14.1. The van der Waals surface area contributed by atoms with Crippen molar-refractivity contribution < 1.29 is 9.68 Å². The first-order chi connectivity index (χ1) is 26.5. The molecule has 54 heavy (non-hydrogen) atoms. The van der Waals surface area contributed by atoms with Gasteiger partial charge in [0.15, 0.2) is 0 Å². The molecule has 0 bridgehead atoms. The summed E-state index contributed by atoms with van der Waals surface area (Å²) in [5, 5.41) is 8.63. The smallest absolute Gasteiger partial charge is 0.537 e. The molecule has 0 saturated heterocycles. The lowest BCUT2D eigenvalue weighted by molar-refractivity contribution is 0.453. The Morgan fingerprint density at radius 3 is 1.33 bits per heavy atom. The monoisotopic (exact) mass is 955 g/mol. The molecule has 6 heteroatoms. The topological polar surface area (TPSA) is 29.5 Å². The number of halogens is 3. The molecule has 0 fully saturated rings. The van der Waals surface area contributed by atoms with Crippen LogP contribution < -0.4 is 4.65 Å². The minimum Gasteiger partial charge on any atom is -0.537 e. The van der Waals surface area contributed by atoms with E-state index in [9.17, 15) is 0 Å². The minimum absolute atomic E-state index is 0.694. The molecule has 6 aromatic carbocycles. The van der Waals surface area contributed by atoms with Crippen molar-refractivity contribution >= 4 is 62.1 Å². The molecule has 1 radical (unpaired) electrons. The van der Waals surface area contributed by atoms with Crippen LogP contribution in [0.5, 0.6) is 5.75 Å². The molecule has 6 rings (SSSR count). The second kappa shape index (κ2) is 26.6. The van der Waals surface area contributed by atoms with Gasteiger partial charge in [0, 0.05) is 12.5 Å². The fourth-order valence-electron chi connectivity index (χ4n) is 6.18. The van der Waals surface area contributed by atoms with Crippen molar-refractivity contribution in [3.05, 3.63) is 192 Å². The molecule has 1 N–H and O–H groups in total. The zero-order valence-corrected chi connectivity index (χ0v) is 36.4. The first-order valence-electron chi connectivity index (χ1n) is 19.0. The molecule has 6 aromatic rings. The predicted molar refractivity (Wildman–Crippen MR) is 246 cm³/mol. The molecular weight excluding hydrogens is 906 g/mol. The molecule has 0 atom stereocenters. The molecule has 2 nitrogen and oxygen atoms in total. The summed E-state index contributed by atoms with van der Waals surface area (Å²) in [6.07, 6.45) is 14.8. The van der Waals surface area contributed by atoms with Gasteiger partial charge in [-0.1, -0.05) is 173 Å². The van der Waals surface area contributed by atoms with Gasteiger partial charge >= 0.3 is 7.69 Å². The predicted octanol–water partition coefficient (Wildman–Crippen LogP) is 14.5. The van der Waals surface area contributed by atoms with Crippen molar-refractivity contribution in [1.82, 2.24) is 0 Å². The van der Waals surface area contributed by atoms with Gasteiger partial charge in [-0.2, -0.15) is 0 Å². The second-order valence-corrected chi connectivity index (χ2v) is 16.4. The van der Waals surface area contributed by atoms with E-state index in [1.807, 2.05) is 30.3 Å². The normalized spacial score (nSPS) is 10.4. The molecule has 0 spiro atoms. The summed E-state index contributed by atoms with van der Waals surface area (Å²) in [6.45, 7) is 0. The molecule has 0 aliphatic rings. The summed E-state index contributed by atoms with van der Waals surface area (Å²) < 4.78 is 8.51. The summed E-state index contributed by atoms with van der Waals surface area (Å²) >= 11 is 9.19. The van der Waals surface area contributed by atoms with Crippen molar-refractivity contribution in [3.8, 4) is 16.9 Å². The fourth-order valence-corrected chi connectivity index (χ4v) is 7.95. The molecule has 0 aliphatic heterocycles. The van der Waals surface area contributed by atoms with Crippen LogP contribution in [0.2, 0.25) is 0 Å². The zero-order valence-electron chi connectivity index (χ0n) is 31.1. The molecule has 0 aromatic heterocycles. The van der Waals surface area contributed by atoms with Crippen LogP contribution in [0.1, 0.15) is 73.6 Å². The second-order valence-electron chi connectivity index (χ2n) is 13.3. The van der Waals surface area contributed by atoms with Crippen LogP contribution in [0.25, 0.3) is 11.1 Å². The number of rotatable bonds is 17. The lowest BCUT2D eigenvalue weighted by atomic mass is 9.99. The van der Waals surface area contributed by atoms with E-state index in [0.717, 1.165) is 23.1 Å². The lowest BCUT2D eigenvalue weighted by Crippen LogP contribution is -2.00. The SMILES string of the molecule is Brc1cccc(-c2cccc(CCCCCCc3ccccc3)c2)c1.Brc1cccc(I)c1.O[B]Oc1cccc(CCCCCCc2ccccc2)c1. The molecular formula is C48H51BBr2IO2. The van der Waals surface area contributed by atoms with Crippen LogP contribution >= 0.6 is 54.5 Å². The van der Waals surface area contributed by atoms with Gasteiger partial charge in [-0.05, 0) is 150 Å². The number of benzene rings is 6. The first-order valence-corrected chi connectivity index (χ1v) is 21.7. The molecule has 279 valence electrons. The molecule has 0 heterocycles. The number of unbranched alkanes of at least 4 members (excludes halogenated alkanes) is 6. The van der Waals surface area contributed by atoms with E-state index < -0.39 is 0 Å². The van der Waals surface area contributed by atoms with Crippen molar-refractivity contribution in [2.75, 3.05) is 0 Å². The highest BCUT2D eigenvalue weighted by Gasteiger charge is 2.02. The van der Waals surface area contributed by atoms with Crippen LogP contribution in [0.15, 0.2) is 167 Å². The Morgan fingerprint density at radius 1 is 0.426 bits per heavy atom. The van der Waals surface area contributed by atoms with Gasteiger partial charge in [-0.15, -0.1) is 0 Å². The van der Waals surface area contributed by atoms with E-state index in [1.165, 1.54) is 108 Å². The highest BCUT2D eigenvalue weighted by atomic mass is 127. The van der Waals surface area contributed by atoms with Crippen LogP contribution in [0, 0.1) is 3.57 Å². The summed E-state index contributed by atoms with van der Waals surface area (Å²) in [7, 11) is 0.725. The Labute approximate surface area is 355 Å². The van der Waals surface area contributed by atoms with Crippen LogP contribution in [0.3, 0.4) is 0 Å². The fraction of sp³-hybridized carbons (Fsp3) is 0.250. The van der Waals surface area contributed by atoms with E-state index >= 15 is 0 Å². The van der Waals surface area contributed by atoms with Gasteiger partial charge in [0.2, 0.25) is 0 Å². The van der Waals surface area contributed by atoms with E-state index in [0.29, 0.717) is 5.75 Å². The Bertz CT molecular complexity index is 1870. The Balaban J connectivity index is 0.000000202. The Hall–Kier alpha value is -3.17. The van der Waals surface area contributed by atoms with E-state index in [4.69, 9.17) is 9.68 Å². The number of hydrogen-bond acceptors (Lipinski definition) is 2. The Kier molecular flexibility index (Phi) is 21.5. The van der Waals surface area contributed by atoms with Gasteiger partial charge in [-0.25, -0.2) is 0 Å². The summed E-state index contributed by atoms with van der Waals surface area (Å²) in [6, 6.07) is 55.0. The average molecular weight is 957 g/mol. The number of aryl methyl sites for hydroxylation is 4. The standard InChI is InChI=1S/C24H25Br.C18H22BO2.C6H4BrI/c25-24-17-9-16-23(19-24)22-15-8-14-21(18-22)13-5-2-1-4-10-20-11-6-3-7-12-20;20-19-21-18-14-8-13-17(15-18)12-5-2-1-4-9-16-10-6-3-7-11-16;7-5-2-1-3-6(8)4-5/h3,6-9,11-12,14-19H,1-2,4-5,10,13H2;3,6-8,10-11,13-15,20H,1-2,4-5,9,12H2;1-4H.